The third kappa shape index (κ3) is 4.46. The van der Waals surface area contributed by atoms with E-state index in [1.807, 2.05) is 65.5 Å². The molecule has 122 valence electrons. The van der Waals surface area contributed by atoms with Crippen LogP contribution in [0.2, 0.25) is 5.02 Å². The standard InChI is InChI=1S/C19H18ClN3O/c20-18-4-1-3-15(13-18)9-11-21-19(24)17-7-5-16(6-8-17)14-23-12-2-10-22-23/h1-8,10,12-13H,9,11,14H2,(H,21,24). The van der Waals surface area contributed by atoms with Gasteiger partial charge in [-0.1, -0.05) is 35.9 Å². The molecule has 0 spiro atoms. The Labute approximate surface area is 146 Å². The van der Waals surface area contributed by atoms with Crippen molar-refractivity contribution < 1.29 is 4.79 Å². The maximum Gasteiger partial charge on any atom is 0.251 e. The minimum Gasteiger partial charge on any atom is -0.352 e. The fourth-order valence-corrected chi connectivity index (χ4v) is 2.67. The van der Waals surface area contributed by atoms with Crippen molar-refractivity contribution in [2.24, 2.45) is 0 Å². The molecule has 0 radical (unpaired) electrons. The molecule has 0 bridgehead atoms. The van der Waals surface area contributed by atoms with Crippen LogP contribution in [0.5, 0.6) is 0 Å². The lowest BCUT2D eigenvalue weighted by atomic mass is 10.1. The van der Waals surface area contributed by atoms with Crippen molar-refractivity contribution in [3.8, 4) is 0 Å². The SMILES string of the molecule is O=C(NCCc1cccc(Cl)c1)c1ccc(Cn2cccn2)cc1. The average molecular weight is 340 g/mol. The molecule has 2 aromatic carbocycles. The minimum absolute atomic E-state index is 0.0670. The molecule has 0 saturated heterocycles. The molecule has 0 aliphatic carbocycles. The first kappa shape index (κ1) is 16.3. The molecule has 5 heteroatoms. The lowest BCUT2D eigenvalue weighted by molar-refractivity contribution is 0.0954. The van der Waals surface area contributed by atoms with Gasteiger partial charge in [0.25, 0.3) is 5.91 Å². The van der Waals surface area contributed by atoms with E-state index in [0.29, 0.717) is 23.7 Å². The van der Waals surface area contributed by atoms with Gasteiger partial charge in [0.05, 0.1) is 6.54 Å². The van der Waals surface area contributed by atoms with Gasteiger partial charge < -0.3 is 5.32 Å². The van der Waals surface area contributed by atoms with Crippen LogP contribution in [-0.4, -0.2) is 22.2 Å². The number of carbonyl (C=O) groups is 1. The zero-order valence-corrected chi connectivity index (χ0v) is 13.9. The first-order chi connectivity index (χ1) is 11.7. The number of halogens is 1. The van der Waals surface area contributed by atoms with Gasteiger partial charge in [-0.05, 0) is 47.9 Å². The molecule has 0 saturated carbocycles. The van der Waals surface area contributed by atoms with Crippen LogP contribution in [0.3, 0.4) is 0 Å². The van der Waals surface area contributed by atoms with Gasteiger partial charge in [-0.3, -0.25) is 9.48 Å². The number of nitrogens with zero attached hydrogens (tertiary/aromatic N) is 2. The molecule has 0 fully saturated rings. The normalized spacial score (nSPS) is 10.5. The van der Waals surface area contributed by atoms with E-state index in [0.717, 1.165) is 17.5 Å². The van der Waals surface area contributed by atoms with Crippen LogP contribution in [0.4, 0.5) is 0 Å². The molecule has 0 atom stereocenters. The molecule has 1 aromatic heterocycles. The first-order valence-electron chi connectivity index (χ1n) is 7.80. The number of benzene rings is 2. The molecule has 1 N–H and O–H groups in total. The van der Waals surface area contributed by atoms with Crippen LogP contribution in [0.25, 0.3) is 0 Å². The van der Waals surface area contributed by atoms with Gasteiger partial charge in [0.2, 0.25) is 0 Å². The smallest absolute Gasteiger partial charge is 0.251 e. The number of rotatable bonds is 6. The molecule has 3 rings (SSSR count). The highest BCUT2D eigenvalue weighted by atomic mass is 35.5. The highest BCUT2D eigenvalue weighted by molar-refractivity contribution is 6.30. The first-order valence-corrected chi connectivity index (χ1v) is 8.17. The second-order valence-corrected chi connectivity index (χ2v) is 5.97. The molecular formula is C19H18ClN3O. The van der Waals surface area contributed by atoms with Crippen molar-refractivity contribution in [1.82, 2.24) is 15.1 Å². The van der Waals surface area contributed by atoms with E-state index < -0.39 is 0 Å². The Kier molecular flexibility index (Phi) is 5.29. The summed E-state index contributed by atoms with van der Waals surface area (Å²) >= 11 is 5.95. The quantitative estimate of drug-likeness (QED) is 0.746. The Hall–Kier alpha value is -2.59. The summed E-state index contributed by atoms with van der Waals surface area (Å²) in [6, 6.07) is 17.1. The summed E-state index contributed by atoms with van der Waals surface area (Å²) in [5, 5.41) is 7.82. The summed E-state index contributed by atoms with van der Waals surface area (Å²) < 4.78 is 1.85. The molecule has 0 aliphatic rings. The zero-order chi connectivity index (χ0) is 16.8. The Morgan fingerprint density at radius 1 is 1.08 bits per heavy atom. The van der Waals surface area contributed by atoms with Crippen molar-refractivity contribution >= 4 is 17.5 Å². The Bertz CT molecular complexity index is 798. The number of aromatic nitrogens is 2. The van der Waals surface area contributed by atoms with E-state index in [4.69, 9.17) is 11.6 Å². The van der Waals surface area contributed by atoms with Gasteiger partial charge >= 0.3 is 0 Å². The van der Waals surface area contributed by atoms with Crippen LogP contribution in [-0.2, 0) is 13.0 Å². The van der Waals surface area contributed by atoms with Gasteiger partial charge in [0.15, 0.2) is 0 Å². The third-order valence-corrected chi connectivity index (χ3v) is 3.94. The summed E-state index contributed by atoms with van der Waals surface area (Å²) in [6.45, 7) is 1.28. The van der Waals surface area contributed by atoms with Gasteiger partial charge in [0, 0.05) is 29.5 Å². The molecular weight excluding hydrogens is 322 g/mol. The van der Waals surface area contributed by atoms with Crippen molar-refractivity contribution in [2.75, 3.05) is 6.54 Å². The average Bonchev–Trinajstić information content (AvgIpc) is 3.08. The maximum absolute atomic E-state index is 12.2. The fourth-order valence-electron chi connectivity index (χ4n) is 2.46. The lowest BCUT2D eigenvalue weighted by Crippen LogP contribution is -2.25. The number of hydrogen-bond acceptors (Lipinski definition) is 2. The van der Waals surface area contributed by atoms with E-state index in [1.54, 1.807) is 6.20 Å². The second-order valence-electron chi connectivity index (χ2n) is 5.54. The summed E-state index contributed by atoms with van der Waals surface area (Å²) in [4.78, 5) is 12.2. The van der Waals surface area contributed by atoms with Crippen LogP contribution >= 0.6 is 11.6 Å². The largest absolute Gasteiger partial charge is 0.352 e. The van der Waals surface area contributed by atoms with Crippen molar-refractivity contribution in [3.05, 3.63) is 88.7 Å². The maximum atomic E-state index is 12.2. The molecule has 0 unspecified atom stereocenters. The highest BCUT2D eigenvalue weighted by Crippen LogP contribution is 2.11. The molecule has 4 nitrogen and oxygen atoms in total. The lowest BCUT2D eigenvalue weighted by Gasteiger charge is -2.07. The summed E-state index contributed by atoms with van der Waals surface area (Å²) in [7, 11) is 0. The molecule has 1 heterocycles. The van der Waals surface area contributed by atoms with Gasteiger partial charge in [-0.2, -0.15) is 5.10 Å². The van der Waals surface area contributed by atoms with Crippen LogP contribution < -0.4 is 5.32 Å². The number of hydrogen-bond donors (Lipinski definition) is 1. The number of carbonyl (C=O) groups excluding carboxylic acids is 1. The summed E-state index contributed by atoms with van der Waals surface area (Å²) in [5.74, 6) is -0.0670. The fraction of sp³-hybridized carbons (Fsp3) is 0.158. The highest BCUT2D eigenvalue weighted by Gasteiger charge is 2.05. The summed E-state index contributed by atoms with van der Waals surface area (Å²) in [6.07, 6.45) is 4.42. The van der Waals surface area contributed by atoms with Gasteiger partial charge in [-0.25, -0.2) is 0 Å². The second kappa shape index (κ2) is 7.79. The topological polar surface area (TPSA) is 46.9 Å². The van der Waals surface area contributed by atoms with Crippen LogP contribution in [0.1, 0.15) is 21.5 Å². The predicted molar refractivity (Wildman–Crippen MR) is 95.3 cm³/mol. The number of amides is 1. The van der Waals surface area contributed by atoms with E-state index in [2.05, 4.69) is 10.4 Å². The third-order valence-electron chi connectivity index (χ3n) is 3.71. The molecule has 3 aromatic rings. The van der Waals surface area contributed by atoms with E-state index in [9.17, 15) is 4.79 Å². The monoisotopic (exact) mass is 339 g/mol. The number of nitrogens with one attached hydrogen (secondary N) is 1. The van der Waals surface area contributed by atoms with Gasteiger partial charge in [-0.15, -0.1) is 0 Å². The molecule has 1 amide bonds. The van der Waals surface area contributed by atoms with Gasteiger partial charge in [0.1, 0.15) is 0 Å². The van der Waals surface area contributed by atoms with Crippen LogP contribution in [0.15, 0.2) is 67.0 Å². The van der Waals surface area contributed by atoms with E-state index >= 15 is 0 Å². The Morgan fingerprint density at radius 2 is 1.92 bits per heavy atom. The minimum atomic E-state index is -0.0670. The van der Waals surface area contributed by atoms with Crippen molar-refractivity contribution in [1.29, 1.82) is 0 Å². The zero-order valence-electron chi connectivity index (χ0n) is 13.2. The Morgan fingerprint density at radius 3 is 2.62 bits per heavy atom. The predicted octanol–water partition coefficient (Wildman–Crippen LogP) is 3.56. The molecule has 24 heavy (non-hydrogen) atoms. The van der Waals surface area contributed by atoms with E-state index in [-0.39, 0.29) is 5.91 Å². The van der Waals surface area contributed by atoms with E-state index in [1.165, 1.54) is 0 Å². The van der Waals surface area contributed by atoms with Crippen molar-refractivity contribution in [3.63, 3.8) is 0 Å². The molecule has 0 aliphatic heterocycles. The Balaban J connectivity index is 1.51. The van der Waals surface area contributed by atoms with Crippen LogP contribution in [0, 0.1) is 0 Å². The van der Waals surface area contributed by atoms with Crippen molar-refractivity contribution in [2.45, 2.75) is 13.0 Å². The summed E-state index contributed by atoms with van der Waals surface area (Å²) in [5.41, 5.74) is 2.87.